The van der Waals surface area contributed by atoms with E-state index in [1.807, 2.05) is 0 Å². The van der Waals surface area contributed by atoms with Crippen LogP contribution in [0.2, 0.25) is 0 Å². The Balaban J connectivity index is 2.09. The first-order valence-electron chi connectivity index (χ1n) is 7.92. The summed E-state index contributed by atoms with van der Waals surface area (Å²) in [7, 11) is -2.55. The van der Waals surface area contributed by atoms with Gasteiger partial charge in [0, 0.05) is 19.6 Å². The third kappa shape index (κ3) is 4.19. The first-order valence-corrected chi connectivity index (χ1v) is 9.40. The van der Waals surface area contributed by atoms with E-state index in [1.165, 1.54) is 31.3 Å². The fourth-order valence-corrected chi connectivity index (χ4v) is 3.64. The normalized spacial score (nSPS) is 17.6. The number of carbonyl (C=O) groups is 1. The molecule has 0 bridgehead atoms. The molecule has 2 amide bonds. The Morgan fingerprint density at radius 2 is 1.79 bits per heavy atom. The molecule has 28 heavy (non-hydrogen) atoms. The summed E-state index contributed by atoms with van der Waals surface area (Å²) in [5.74, 6) is 0. The molecule has 158 valence electrons. The third-order valence-corrected chi connectivity index (χ3v) is 5.97. The Morgan fingerprint density at radius 1 is 1.18 bits per heavy atom. The number of nitrogens with one attached hydrogen (secondary N) is 2. The molecule has 0 unspecified atom stereocenters. The second kappa shape index (κ2) is 7.43. The predicted molar refractivity (Wildman–Crippen MR) is 85.7 cm³/mol. The summed E-state index contributed by atoms with van der Waals surface area (Å²) in [6.07, 6.45) is -12.4. The second-order valence-electron chi connectivity index (χ2n) is 6.26. The second-order valence-corrected chi connectivity index (χ2v) is 8.15. The smallest absolute Gasteiger partial charge is 0.334 e. The van der Waals surface area contributed by atoms with Crippen molar-refractivity contribution in [2.45, 2.75) is 30.2 Å². The summed E-state index contributed by atoms with van der Waals surface area (Å²) in [6, 6.07) is 4.26. The molecule has 1 aliphatic rings. The van der Waals surface area contributed by atoms with Gasteiger partial charge in [-0.05, 0) is 31.2 Å². The summed E-state index contributed by atoms with van der Waals surface area (Å²) in [4.78, 5) is 12.4. The van der Waals surface area contributed by atoms with Crippen LogP contribution in [-0.2, 0) is 16.6 Å². The number of likely N-dealkylation sites (tertiary alicyclic amines) is 1. The minimum Gasteiger partial charge on any atom is -0.334 e. The highest BCUT2D eigenvalue weighted by atomic mass is 32.2. The highest BCUT2D eigenvalue weighted by molar-refractivity contribution is 7.89. The Bertz CT molecular complexity index is 824. The zero-order chi connectivity index (χ0) is 21.4. The number of nitrogens with zero attached hydrogens (tertiary/aromatic N) is 1. The molecule has 1 saturated heterocycles. The Morgan fingerprint density at radius 3 is 2.29 bits per heavy atom. The van der Waals surface area contributed by atoms with Gasteiger partial charge >= 0.3 is 18.4 Å². The standard InChI is InChI=1S/C15H17F6N3O3S/c1-22-28(26,27)11-4-2-3-10(7-11)8-23-12(25)24-6-5-13(9-24,14(16,17)18)15(19,20)21/h2-4,7,22H,5-6,8-9H2,1H3,(H,23,25). The number of urea groups is 1. The first-order chi connectivity index (χ1) is 12.7. The molecule has 13 heteroatoms. The fourth-order valence-electron chi connectivity index (χ4n) is 2.84. The molecular weight excluding hydrogens is 416 g/mol. The van der Waals surface area contributed by atoms with E-state index in [2.05, 4.69) is 10.0 Å². The molecule has 1 aliphatic heterocycles. The molecule has 0 saturated carbocycles. The maximum Gasteiger partial charge on any atom is 0.404 e. The van der Waals surface area contributed by atoms with E-state index in [9.17, 15) is 39.6 Å². The van der Waals surface area contributed by atoms with Crippen LogP contribution in [0.1, 0.15) is 12.0 Å². The molecule has 1 aromatic carbocycles. The SMILES string of the molecule is CNS(=O)(=O)c1cccc(CNC(=O)N2CCC(C(F)(F)F)(C(F)(F)F)C2)c1. The molecule has 0 atom stereocenters. The number of rotatable bonds is 4. The number of benzene rings is 1. The van der Waals surface area contributed by atoms with E-state index >= 15 is 0 Å². The summed E-state index contributed by atoms with van der Waals surface area (Å²) >= 11 is 0. The Hall–Kier alpha value is -2.02. The molecule has 1 aromatic rings. The van der Waals surface area contributed by atoms with Gasteiger partial charge in [0.15, 0.2) is 5.41 Å². The van der Waals surface area contributed by atoms with Crippen molar-refractivity contribution in [1.29, 1.82) is 0 Å². The van der Waals surface area contributed by atoms with Gasteiger partial charge in [-0.3, -0.25) is 0 Å². The molecule has 0 aliphatic carbocycles. The van der Waals surface area contributed by atoms with Gasteiger partial charge in [0.05, 0.1) is 4.90 Å². The minimum absolute atomic E-state index is 0.101. The maximum absolute atomic E-state index is 13.0. The van der Waals surface area contributed by atoms with Crippen LogP contribution in [0.3, 0.4) is 0 Å². The number of carbonyl (C=O) groups excluding carboxylic acids is 1. The van der Waals surface area contributed by atoms with Crippen LogP contribution >= 0.6 is 0 Å². The number of amides is 2. The van der Waals surface area contributed by atoms with Crippen LogP contribution in [0.15, 0.2) is 29.2 Å². The van der Waals surface area contributed by atoms with Gasteiger partial charge in [0.2, 0.25) is 10.0 Å². The molecule has 2 rings (SSSR count). The van der Waals surface area contributed by atoms with Crippen molar-refractivity contribution in [3.63, 3.8) is 0 Å². The number of halogens is 6. The molecule has 0 aromatic heterocycles. The molecule has 0 radical (unpaired) electrons. The van der Waals surface area contributed by atoms with Crippen molar-refractivity contribution in [1.82, 2.24) is 14.9 Å². The predicted octanol–water partition coefficient (Wildman–Crippen LogP) is 2.62. The van der Waals surface area contributed by atoms with E-state index in [-0.39, 0.29) is 11.4 Å². The molecular formula is C15H17F6N3O3S. The van der Waals surface area contributed by atoms with Gasteiger partial charge in [0.1, 0.15) is 0 Å². The maximum atomic E-state index is 13.0. The largest absolute Gasteiger partial charge is 0.404 e. The zero-order valence-electron chi connectivity index (χ0n) is 14.5. The third-order valence-electron chi connectivity index (χ3n) is 4.56. The van der Waals surface area contributed by atoms with Gasteiger partial charge < -0.3 is 10.2 Å². The number of sulfonamides is 1. The number of hydrogen-bond donors (Lipinski definition) is 2. The van der Waals surface area contributed by atoms with Gasteiger partial charge in [-0.1, -0.05) is 12.1 Å². The van der Waals surface area contributed by atoms with E-state index in [0.29, 0.717) is 10.5 Å². The highest BCUT2D eigenvalue weighted by Gasteiger charge is 2.72. The van der Waals surface area contributed by atoms with Crippen molar-refractivity contribution in [2.75, 3.05) is 20.1 Å². The molecule has 1 fully saturated rings. The lowest BCUT2D eigenvalue weighted by atomic mass is 9.85. The van der Waals surface area contributed by atoms with Gasteiger partial charge in [-0.25, -0.2) is 17.9 Å². The van der Waals surface area contributed by atoms with Crippen LogP contribution in [0.25, 0.3) is 0 Å². The fraction of sp³-hybridized carbons (Fsp3) is 0.533. The summed E-state index contributed by atoms with van der Waals surface area (Å²) in [5, 5.41) is 2.22. The lowest BCUT2D eigenvalue weighted by Gasteiger charge is -2.33. The van der Waals surface area contributed by atoms with Crippen molar-refractivity contribution in [3.8, 4) is 0 Å². The van der Waals surface area contributed by atoms with Crippen molar-refractivity contribution < 1.29 is 39.6 Å². The minimum atomic E-state index is -5.55. The zero-order valence-corrected chi connectivity index (χ0v) is 15.3. The van der Waals surface area contributed by atoms with Gasteiger partial charge in [-0.15, -0.1) is 0 Å². The average Bonchev–Trinajstić information content (AvgIpc) is 3.07. The Labute approximate surface area is 156 Å². The lowest BCUT2D eigenvalue weighted by Crippen LogP contribution is -2.52. The van der Waals surface area contributed by atoms with Crippen LogP contribution < -0.4 is 10.0 Å². The molecule has 1 heterocycles. The van der Waals surface area contributed by atoms with E-state index < -0.39 is 53.3 Å². The molecule has 6 nitrogen and oxygen atoms in total. The average molecular weight is 433 g/mol. The monoisotopic (exact) mass is 433 g/mol. The first kappa shape index (κ1) is 22.3. The quantitative estimate of drug-likeness (QED) is 0.717. The van der Waals surface area contributed by atoms with Crippen molar-refractivity contribution in [2.24, 2.45) is 5.41 Å². The summed E-state index contributed by atoms with van der Waals surface area (Å²) < 4.78 is 104. The van der Waals surface area contributed by atoms with E-state index in [0.717, 1.165) is 0 Å². The lowest BCUT2D eigenvalue weighted by molar-refractivity contribution is -0.334. The van der Waals surface area contributed by atoms with Gasteiger partial charge in [0.25, 0.3) is 0 Å². The summed E-state index contributed by atoms with van der Waals surface area (Å²) in [5.41, 5.74) is -3.65. The van der Waals surface area contributed by atoms with Crippen LogP contribution in [0, 0.1) is 5.41 Å². The van der Waals surface area contributed by atoms with E-state index in [1.54, 1.807) is 0 Å². The topological polar surface area (TPSA) is 78.5 Å². The molecule has 0 spiro atoms. The van der Waals surface area contributed by atoms with Crippen LogP contribution in [-0.4, -0.2) is 51.8 Å². The van der Waals surface area contributed by atoms with Crippen LogP contribution in [0.4, 0.5) is 31.1 Å². The number of hydrogen-bond acceptors (Lipinski definition) is 3. The van der Waals surface area contributed by atoms with Crippen molar-refractivity contribution >= 4 is 16.1 Å². The Kier molecular flexibility index (Phi) is 5.91. The molecule has 2 N–H and O–H groups in total. The van der Waals surface area contributed by atoms with Gasteiger partial charge in [-0.2, -0.15) is 26.3 Å². The van der Waals surface area contributed by atoms with Crippen LogP contribution in [0.5, 0.6) is 0 Å². The van der Waals surface area contributed by atoms with Crippen molar-refractivity contribution in [3.05, 3.63) is 29.8 Å². The highest BCUT2D eigenvalue weighted by Crippen LogP contribution is 2.55. The number of alkyl halides is 6. The van der Waals surface area contributed by atoms with E-state index in [4.69, 9.17) is 0 Å². The summed E-state index contributed by atoms with van der Waals surface area (Å²) in [6.45, 7) is -2.51.